The SMILES string of the molecule is O=C1C(Cl)(Cl)NCNC1(Cl)Cl. The average Bonchev–Trinajstić information content (AvgIpc) is 1.82. The molecule has 64 valence electrons. The van der Waals surface area contributed by atoms with E-state index in [1.807, 2.05) is 0 Å². The van der Waals surface area contributed by atoms with Crippen LogP contribution in [0.15, 0.2) is 0 Å². The number of carbonyl (C=O) groups excluding carboxylic acids is 1. The van der Waals surface area contributed by atoms with Gasteiger partial charge in [0.2, 0.25) is 14.7 Å². The molecule has 7 heteroatoms. The van der Waals surface area contributed by atoms with Crippen molar-refractivity contribution in [1.29, 1.82) is 0 Å². The van der Waals surface area contributed by atoms with E-state index in [2.05, 4.69) is 10.6 Å². The first-order valence-electron chi connectivity index (χ1n) is 2.67. The topological polar surface area (TPSA) is 41.1 Å². The maximum absolute atomic E-state index is 11.1. The van der Waals surface area contributed by atoms with Crippen molar-refractivity contribution in [3.63, 3.8) is 0 Å². The molecule has 0 aromatic carbocycles. The zero-order valence-electron chi connectivity index (χ0n) is 5.13. The van der Waals surface area contributed by atoms with Gasteiger partial charge < -0.3 is 0 Å². The molecule has 0 spiro atoms. The van der Waals surface area contributed by atoms with Crippen LogP contribution in [0.3, 0.4) is 0 Å². The summed E-state index contributed by atoms with van der Waals surface area (Å²) in [4.78, 5) is 11.1. The van der Waals surface area contributed by atoms with E-state index in [1.54, 1.807) is 0 Å². The summed E-state index contributed by atoms with van der Waals surface area (Å²) in [5.74, 6) is -0.720. The molecule has 1 saturated heterocycles. The molecule has 1 aliphatic heterocycles. The van der Waals surface area contributed by atoms with Gasteiger partial charge in [0, 0.05) is 0 Å². The molecular formula is C4H4Cl4N2O. The van der Waals surface area contributed by atoms with Gasteiger partial charge in [-0.1, -0.05) is 46.4 Å². The van der Waals surface area contributed by atoms with Crippen molar-refractivity contribution < 1.29 is 4.79 Å². The van der Waals surface area contributed by atoms with Crippen LogP contribution in [0.4, 0.5) is 0 Å². The second-order valence-electron chi connectivity index (χ2n) is 2.01. The third-order valence-electron chi connectivity index (χ3n) is 1.19. The maximum Gasteiger partial charge on any atom is 0.234 e. The third-order valence-corrected chi connectivity index (χ3v) is 2.41. The van der Waals surface area contributed by atoms with Gasteiger partial charge >= 0.3 is 0 Å². The van der Waals surface area contributed by atoms with Gasteiger partial charge in [0.05, 0.1) is 6.67 Å². The van der Waals surface area contributed by atoms with Crippen LogP contribution >= 0.6 is 46.4 Å². The number of ketones is 1. The first-order valence-corrected chi connectivity index (χ1v) is 4.18. The molecule has 1 heterocycles. The third kappa shape index (κ3) is 1.91. The highest BCUT2D eigenvalue weighted by Crippen LogP contribution is 2.32. The summed E-state index contributed by atoms with van der Waals surface area (Å²) in [6.07, 6.45) is 0. The minimum atomic E-state index is -1.70. The minimum Gasteiger partial charge on any atom is -0.290 e. The van der Waals surface area contributed by atoms with E-state index in [-0.39, 0.29) is 6.67 Å². The summed E-state index contributed by atoms with van der Waals surface area (Å²) in [5.41, 5.74) is 0. The molecule has 11 heavy (non-hydrogen) atoms. The summed E-state index contributed by atoms with van der Waals surface area (Å²) < 4.78 is -3.40. The van der Waals surface area contributed by atoms with Gasteiger partial charge in [0.1, 0.15) is 0 Å². The summed E-state index contributed by atoms with van der Waals surface area (Å²) in [7, 11) is 0. The molecule has 0 radical (unpaired) electrons. The molecule has 1 fully saturated rings. The normalized spacial score (nSPS) is 28.5. The fourth-order valence-corrected chi connectivity index (χ4v) is 1.65. The fourth-order valence-electron chi connectivity index (χ4n) is 0.624. The Balaban J connectivity index is 2.85. The van der Waals surface area contributed by atoms with E-state index in [9.17, 15) is 4.79 Å². The van der Waals surface area contributed by atoms with Crippen LogP contribution < -0.4 is 10.6 Å². The standard InChI is InChI=1S/C4H4Cl4N2O/c5-3(6)2(11)4(7,8)10-1-9-3/h9-10H,1H2. The second-order valence-corrected chi connectivity index (χ2v) is 4.66. The summed E-state index contributed by atoms with van der Waals surface area (Å²) in [6, 6.07) is 0. The van der Waals surface area contributed by atoms with Gasteiger partial charge in [-0.25, -0.2) is 0 Å². The summed E-state index contributed by atoms with van der Waals surface area (Å²) in [6.45, 7) is 0.172. The van der Waals surface area contributed by atoms with Crippen LogP contribution in [0.2, 0.25) is 0 Å². The highest BCUT2D eigenvalue weighted by atomic mass is 35.5. The van der Waals surface area contributed by atoms with Gasteiger partial charge in [-0.2, -0.15) is 0 Å². The lowest BCUT2D eigenvalue weighted by atomic mass is 10.3. The van der Waals surface area contributed by atoms with Crippen molar-refractivity contribution in [2.45, 2.75) is 8.91 Å². The zero-order chi connectivity index (χ0) is 8.70. The van der Waals surface area contributed by atoms with Crippen LogP contribution in [0.25, 0.3) is 0 Å². The van der Waals surface area contributed by atoms with Crippen molar-refractivity contribution in [2.75, 3.05) is 6.67 Å². The van der Waals surface area contributed by atoms with Crippen LogP contribution in [-0.4, -0.2) is 21.4 Å². The molecule has 2 N–H and O–H groups in total. The quantitative estimate of drug-likeness (QED) is 0.488. The Bertz CT molecular complexity index is 175. The molecule has 1 aliphatic rings. The van der Waals surface area contributed by atoms with Crippen molar-refractivity contribution in [1.82, 2.24) is 10.6 Å². The molecule has 0 amide bonds. The van der Waals surface area contributed by atoms with E-state index in [1.165, 1.54) is 0 Å². The first-order chi connectivity index (χ1) is 4.86. The molecule has 0 aliphatic carbocycles. The smallest absolute Gasteiger partial charge is 0.234 e. The number of carbonyl (C=O) groups is 1. The average molecular weight is 238 g/mol. The van der Waals surface area contributed by atoms with Crippen LogP contribution in [0, 0.1) is 0 Å². The Morgan fingerprint density at radius 3 is 1.73 bits per heavy atom. The van der Waals surface area contributed by atoms with Crippen LogP contribution in [-0.2, 0) is 4.79 Å². The number of alkyl halides is 4. The molecule has 0 aromatic heterocycles. The number of nitrogens with one attached hydrogen (secondary N) is 2. The van der Waals surface area contributed by atoms with Gasteiger partial charge in [0.15, 0.2) is 0 Å². The summed E-state index contributed by atoms with van der Waals surface area (Å²) in [5, 5.41) is 4.93. The van der Waals surface area contributed by atoms with Crippen LogP contribution in [0.1, 0.15) is 0 Å². The Kier molecular flexibility index (Phi) is 2.60. The predicted octanol–water partition coefficient (Wildman–Crippen LogP) is 0.969. The number of Topliss-reactive ketones (excluding diaryl/α,β-unsaturated/α-hetero) is 1. The first kappa shape index (κ1) is 9.84. The Morgan fingerprint density at radius 2 is 1.45 bits per heavy atom. The van der Waals surface area contributed by atoms with E-state index < -0.39 is 14.7 Å². The van der Waals surface area contributed by atoms with Gasteiger partial charge in [0.25, 0.3) is 0 Å². The Hall–Kier alpha value is 0.750. The van der Waals surface area contributed by atoms with Crippen molar-refractivity contribution in [2.24, 2.45) is 0 Å². The van der Waals surface area contributed by atoms with Crippen molar-refractivity contribution in [3.05, 3.63) is 0 Å². The van der Waals surface area contributed by atoms with Gasteiger partial charge in [-0.05, 0) is 0 Å². The number of hydrogen-bond acceptors (Lipinski definition) is 3. The van der Waals surface area contributed by atoms with E-state index >= 15 is 0 Å². The van der Waals surface area contributed by atoms with E-state index in [0.29, 0.717) is 0 Å². The molecule has 0 saturated carbocycles. The monoisotopic (exact) mass is 236 g/mol. The van der Waals surface area contributed by atoms with E-state index in [0.717, 1.165) is 0 Å². The largest absolute Gasteiger partial charge is 0.290 e. The molecule has 3 nitrogen and oxygen atoms in total. The lowest BCUT2D eigenvalue weighted by Crippen LogP contribution is -2.64. The molecule has 0 atom stereocenters. The van der Waals surface area contributed by atoms with E-state index in [4.69, 9.17) is 46.4 Å². The number of hydrogen-bond donors (Lipinski definition) is 2. The molecule has 0 aromatic rings. The molecule has 0 bridgehead atoms. The fraction of sp³-hybridized carbons (Fsp3) is 0.750. The maximum atomic E-state index is 11.1. The highest BCUT2D eigenvalue weighted by molar-refractivity contribution is 6.68. The predicted molar refractivity (Wildman–Crippen MR) is 45.0 cm³/mol. The van der Waals surface area contributed by atoms with Crippen molar-refractivity contribution >= 4 is 52.2 Å². The molecule has 0 unspecified atom stereocenters. The van der Waals surface area contributed by atoms with Gasteiger partial charge in [-0.15, -0.1) is 0 Å². The van der Waals surface area contributed by atoms with Gasteiger partial charge in [-0.3, -0.25) is 15.4 Å². The summed E-state index contributed by atoms with van der Waals surface area (Å²) >= 11 is 22.0. The lowest BCUT2D eigenvalue weighted by molar-refractivity contribution is -0.123. The lowest BCUT2D eigenvalue weighted by Gasteiger charge is -2.33. The minimum absolute atomic E-state index is 0.172. The Labute approximate surface area is 83.3 Å². The highest BCUT2D eigenvalue weighted by Gasteiger charge is 2.50. The van der Waals surface area contributed by atoms with Crippen molar-refractivity contribution in [3.8, 4) is 0 Å². The molecular weight excluding hydrogens is 234 g/mol. The zero-order valence-corrected chi connectivity index (χ0v) is 8.15. The number of halogens is 4. The Morgan fingerprint density at radius 1 is 1.09 bits per heavy atom. The van der Waals surface area contributed by atoms with Crippen LogP contribution in [0.5, 0.6) is 0 Å². The second kappa shape index (κ2) is 2.91. The number of rotatable bonds is 0. The molecule has 1 rings (SSSR count).